The van der Waals surface area contributed by atoms with Crippen LogP contribution in [-0.4, -0.2) is 22.0 Å². The molecule has 0 N–H and O–H groups in total. The molecule has 7 nitrogen and oxygen atoms in total. The number of aromatic nitrogens is 2. The highest BCUT2D eigenvalue weighted by molar-refractivity contribution is 6.43. The minimum absolute atomic E-state index is 0.192. The molecule has 0 unspecified atom stereocenters. The molecule has 0 spiro atoms. The second kappa shape index (κ2) is 8.78. The van der Waals surface area contributed by atoms with Crippen molar-refractivity contribution in [3.8, 4) is 5.75 Å². The summed E-state index contributed by atoms with van der Waals surface area (Å²) < 4.78 is 10.6. The van der Waals surface area contributed by atoms with Crippen molar-refractivity contribution in [3.63, 3.8) is 0 Å². The van der Waals surface area contributed by atoms with Crippen molar-refractivity contribution in [1.29, 1.82) is 0 Å². The Morgan fingerprint density at radius 1 is 0.912 bits per heavy atom. The Kier molecular flexibility index (Phi) is 5.51. The van der Waals surface area contributed by atoms with Crippen LogP contribution in [0.2, 0.25) is 0 Å². The van der Waals surface area contributed by atoms with Gasteiger partial charge in [-0.25, -0.2) is 4.90 Å². The van der Waals surface area contributed by atoms with Crippen LogP contribution in [0.15, 0.2) is 77.3 Å². The van der Waals surface area contributed by atoms with Gasteiger partial charge in [-0.3, -0.25) is 9.59 Å². The second-order valence-corrected chi connectivity index (χ2v) is 7.98. The van der Waals surface area contributed by atoms with Crippen LogP contribution in [-0.2, 0) is 11.4 Å². The molecule has 1 aliphatic rings. The summed E-state index contributed by atoms with van der Waals surface area (Å²) in [7, 11) is 0. The molecular formula is C27H21N3O4. The van der Waals surface area contributed by atoms with Crippen LogP contribution in [0.25, 0.3) is 11.6 Å². The predicted molar refractivity (Wildman–Crippen MR) is 127 cm³/mol. The van der Waals surface area contributed by atoms with E-state index in [0.717, 1.165) is 11.1 Å². The molecule has 1 aliphatic heterocycles. The van der Waals surface area contributed by atoms with Gasteiger partial charge in [0, 0.05) is 18.1 Å². The summed E-state index contributed by atoms with van der Waals surface area (Å²) in [5.41, 5.74) is 3.89. The first-order chi connectivity index (χ1) is 16.5. The van der Waals surface area contributed by atoms with Crippen LogP contribution in [0.5, 0.6) is 5.75 Å². The summed E-state index contributed by atoms with van der Waals surface area (Å²) in [4.78, 5) is 32.1. The van der Waals surface area contributed by atoms with Gasteiger partial charge in [0.1, 0.15) is 5.75 Å². The number of nitrogens with zero attached hydrogens (tertiary/aromatic N) is 3. The van der Waals surface area contributed by atoms with Gasteiger partial charge in [0.2, 0.25) is 11.7 Å². The standard InChI is InChI=1S/C27H21N3O4/c1-17-6-5-7-20(14-17)30-26(31)23-9-4-3-8-22(23)24(27(30)32)15-19-10-12-21(13-11-19)33-16-25-28-18(2)34-29-25/h3-15H,16H2,1-2H3/b24-15-. The third-order valence-electron chi connectivity index (χ3n) is 5.47. The lowest BCUT2D eigenvalue weighted by molar-refractivity contribution is -0.112. The number of carbonyl (C=O) groups is 2. The highest BCUT2D eigenvalue weighted by atomic mass is 16.5. The van der Waals surface area contributed by atoms with Gasteiger partial charge in [-0.2, -0.15) is 4.98 Å². The third-order valence-corrected chi connectivity index (χ3v) is 5.47. The Hall–Kier alpha value is -4.52. The molecule has 4 aromatic rings. The van der Waals surface area contributed by atoms with Crippen molar-refractivity contribution in [2.45, 2.75) is 20.5 Å². The highest BCUT2D eigenvalue weighted by Crippen LogP contribution is 2.33. The number of anilines is 1. The number of fused-ring (bicyclic) bond motifs is 1. The van der Waals surface area contributed by atoms with Crippen molar-refractivity contribution < 1.29 is 18.8 Å². The third kappa shape index (κ3) is 4.11. The van der Waals surface area contributed by atoms with E-state index >= 15 is 0 Å². The Morgan fingerprint density at radius 2 is 1.68 bits per heavy atom. The quantitative estimate of drug-likeness (QED) is 0.314. The largest absolute Gasteiger partial charge is 0.485 e. The lowest BCUT2D eigenvalue weighted by Crippen LogP contribution is -2.41. The van der Waals surface area contributed by atoms with E-state index in [2.05, 4.69) is 10.1 Å². The van der Waals surface area contributed by atoms with E-state index in [-0.39, 0.29) is 18.4 Å². The molecule has 7 heteroatoms. The number of rotatable bonds is 5. The van der Waals surface area contributed by atoms with E-state index in [0.29, 0.717) is 39.9 Å². The SMILES string of the molecule is Cc1cccc(N2C(=O)/C(=C\c3ccc(OCc4noc(C)n4)cc3)c3ccccc3C2=O)c1. The number of hydrogen-bond acceptors (Lipinski definition) is 6. The first kappa shape index (κ1) is 21.3. The number of aryl methyl sites for hydroxylation is 2. The molecule has 0 radical (unpaired) electrons. The van der Waals surface area contributed by atoms with Crippen LogP contribution in [0.4, 0.5) is 5.69 Å². The second-order valence-electron chi connectivity index (χ2n) is 7.98. The van der Waals surface area contributed by atoms with Gasteiger partial charge >= 0.3 is 0 Å². The zero-order valence-corrected chi connectivity index (χ0v) is 18.7. The molecule has 0 bridgehead atoms. The fraction of sp³-hybridized carbons (Fsp3) is 0.111. The van der Waals surface area contributed by atoms with E-state index in [1.807, 2.05) is 55.5 Å². The summed E-state index contributed by atoms with van der Waals surface area (Å²) >= 11 is 0. The van der Waals surface area contributed by atoms with Gasteiger partial charge in [0.05, 0.1) is 5.69 Å². The molecule has 3 aromatic carbocycles. The minimum Gasteiger partial charge on any atom is -0.485 e. The minimum atomic E-state index is -0.359. The maximum absolute atomic E-state index is 13.5. The molecule has 168 valence electrons. The van der Waals surface area contributed by atoms with E-state index in [4.69, 9.17) is 9.26 Å². The molecule has 0 fully saturated rings. The molecule has 2 heterocycles. The lowest BCUT2D eigenvalue weighted by atomic mass is 9.91. The topological polar surface area (TPSA) is 85.5 Å². The van der Waals surface area contributed by atoms with Gasteiger partial charge in [0.15, 0.2) is 6.61 Å². The molecule has 34 heavy (non-hydrogen) atoms. The van der Waals surface area contributed by atoms with E-state index in [1.165, 1.54) is 4.90 Å². The van der Waals surface area contributed by atoms with Gasteiger partial charge in [-0.1, -0.05) is 47.6 Å². The van der Waals surface area contributed by atoms with E-state index in [9.17, 15) is 9.59 Å². The fourth-order valence-corrected chi connectivity index (χ4v) is 3.87. The van der Waals surface area contributed by atoms with Gasteiger partial charge < -0.3 is 9.26 Å². The maximum atomic E-state index is 13.5. The monoisotopic (exact) mass is 451 g/mol. The molecule has 0 atom stereocenters. The molecule has 2 amide bonds. The van der Waals surface area contributed by atoms with Crippen LogP contribution in [0.1, 0.15) is 38.8 Å². The van der Waals surface area contributed by atoms with E-state index < -0.39 is 0 Å². The van der Waals surface area contributed by atoms with Gasteiger partial charge in [-0.15, -0.1) is 0 Å². The predicted octanol–water partition coefficient (Wildman–Crippen LogP) is 4.99. The number of hydrogen-bond donors (Lipinski definition) is 0. The first-order valence-electron chi connectivity index (χ1n) is 10.8. The molecule has 0 saturated carbocycles. The number of amides is 2. The summed E-state index contributed by atoms with van der Waals surface area (Å²) in [6.07, 6.45) is 1.79. The van der Waals surface area contributed by atoms with Crippen molar-refractivity contribution in [2.24, 2.45) is 0 Å². The van der Waals surface area contributed by atoms with Gasteiger partial charge in [-0.05, 0) is 60.0 Å². The normalized spacial score (nSPS) is 14.4. The number of imide groups is 1. The van der Waals surface area contributed by atoms with Crippen molar-refractivity contribution in [2.75, 3.05) is 4.90 Å². The van der Waals surface area contributed by atoms with Crippen molar-refractivity contribution in [1.82, 2.24) is 10.1 Å². The maximum Gasteiger partial charge on any atom is 0.265 e. The molecule has 1 aromatic heterocycles. The summed E-state index contributed by atoms with van der Waals surface area (Å²) in [5.74, 6) is 0.896. The average Bonchev–Trinajstić information content (AvgIpc) is 3.26. The van der Waals surface area contributed by atoms with Crippen LogP contribution < -0.4 is 9.64 Å². The Bertz CT molecular complexity index is 1420. The van der Waals surface area contributed by atoms with Crippen LogP contribution >= 0.6 is 0 Å². The summed E-state index contributed by atoms with van der Waals surface area (Å²) in [6, 6.07) is 21.9. The Morgan fingerprint density at radius 3 is 2.38 bits per heavy atom. The first-order valence-corrected chi connectivity index (χ1v) is 10.8. The van der Waals surface area contributed by atoms with Crippen molar-refractivity contribution in [3.05, 3.63) is 107 Å². The zero-order valence-electron chi connectivity index (χ0n) is 18.7. The molecule has 5 rings (SSSR count). The Labute approximate surface area is 196 Å². The Balaban J connectivity index is 1.46. The lowest BCUT2D eigenvalue weighted by Gasteiger charge is -2.29. The zero-order chi connectivity index (χ0) is 23.7. The number of carbonyl (C=O) groups excluding carboxylic acids is 2. The van der Waals surface area contributed by atoms with Gasteiger partial charge in [0.25, 0.3) is 11.8 Å². The summed E-state index contributed by atoms with van der Waals surface area (Å²) in [6.45, 7) is 3.84. The van der Waals surface area contributed by atoms with Crippen LogP contribution in [0, 0.1) is 13.8 Å². The highest BCUT2D eigenvalue weighted by Gasteiger charge is 2.35. The molecular weight excluding hydrogens is 430 g/mol. The number of benzene rings is 3. The molecule has 0 aliphatic carbocycles. The fourth-order valence-electron chi connectivity index (χ4n) is 3.87. The van der Waals surface area contributed by atoms with E-state index in [1.54, 1.807) is 37.3 Å². The smallest absolute Gasteiger partial charge is 0.265 e. The summed E-state index contributed by atoms with van der Waals surface area (Å²) in [5, 5.41) is 3.81. The van der Waals surface area contributed by atoms with Crippen molar-refractivity contribution >= 4 is 29.2 Å². The molecule has 0 saturated heterocycles. The average molecular weight is 451 g/mol. The van der Waals surface area contributed by atoms with Crippen LogP contribution in [0.3, 0.4) is 0 Å². The number of ether oxygens (including phenoxy) is 1.